The van der Waals surface area contributed by atoms with Gasteiger partial charge in [-0.2, -0.15) is 0 Å². The topological polar surface area (TPSA) is 12.0 Å². The molecule has 4 heteroatoms. The van der Waals surface area contributed by atoms with Crippen LogP contribution >= 0.6 is 39.3 Å². The predicted molar refractivity (Wildman–Crippen MR) is 97.5 cm³/mol. The zero-order valence-electron chi connectivity index (χ0n) is 12.2. The lowest BCUT2D eigenvalue weighted by Crippen LogP contribution is -2.23. The van der Waals surface area contributed by atoms with Gasteiger partial charge < -0.3 is 5.32 Å². The Morgan fingerprint density at radius 1 is 1.24 bits per heavy atom. The lowest BCUT2D eigenvalue weighted by molar-refractivity contribution is 0.542. The van der Waals surface area contributed by atoms with Gasteiger partial charge in [0.25, 0.3) is 0 Å². The van der Waals surface area contributed by atoms with Crippen LogP contribution in [0.15, 0.2) is 51.8 Å². The fraction of sp³-hybridized carbons (Fsp3) is 0.294. The molecule has 1 atom stereocenters. The van der Waals surface area contributed by atoms with Gasteiger partial charge in [-0.3, -0.25) is 0 Å². The van der Waals surface area contributed by atoms with Crippen LogP contribution < -0.4 is 5.32 Å². The van der Waals surface area contributed by atoms with Crippen molar-refractivity contribution in [3.05, 3.63) is 63.1 Å². The summed E-state index contributed by atoms with van der Waals surface area (Å²) in [6.07, 6.45) is 3.01. The monoisotopic (exact) mass is 383 g/mol. The van der Waals surface area contributed by atoms with E-state index in [4.69, 9.17) is 11.6 Å². The van der Waals surface area contributed by atoms with Crippen LogP contribution in [0.5, 0.6) is 0 Å². The minimum atomic E-state index is 0.275. The molecule has 0 bridgehead atoms. The molecular weight excluding hydrogens is 366 g/mol. The van der Waals surface area contributed by atoms with Crippen molar-refractivity contribution >= 4 is 39.3 Å². The molecule has 21 heavy (non-hydrogen) atoms. The molecule has 0 aliphatic rings. The maximum absolute atomic E-state index is 6.37. The Kier molecular flexibility index (Phi) is 6.62. The first kappa shape index (κ1) is 16.9. The van der Waals surface area contributed by atoms with Crippen LogP contribution in [0.3, 0.4) is 0 Å². The summed E-state index contributed by atoms with van der Waals surface area (Å²) in [6, 6.07) is 14.9. The number of hydrogen-bond donors (Lipinski definition) is 1. The molecule has 2 rings (SSSR count). The van der Waals surface area contributed by atoms with Gasteiger partial charge in [-0.1, -0.05) is 58.7 Å². The molecule has 0 saturated carbocycles. The van der Waals surface area contributed by atoms with Gasteiger partial charge in [-0.25, -0.2) is 0 Å². The Balaban J connectivity index is 2.30. The van der Waals surface area contributed by atoms with Gasteiger partial charge in [0.05, 0.1) is 0 Å². The number of rotatable bonds is 6. The first-order valence-corrected chi connectivity index (χ1v) is 9.35. The summed E-state index contributed by atoms with van der Waals surface area (Å²) in [4.78, 5) is 1.32. The van der Waals surface area contributed by atoms with Crippen LogP contribution in [0.4, 0.5) is 0 Å². The van der Waals surface area contributed by atoms with Crippen molar-refractivity contribution in [1.82, 2.24) is 5.32 Å². The Morgan fingerprint density at radius 3 is 2.67 bits per heavy atom. The van der Waals surface area contributed by atoms with Crippen LogP contribution in [-0.2, 0) is 6.42 Å². The molecule has 0 aliphatic heterocycles. The summed E-state index contributed by atoms with van der Waals surface area (Å²) < 4.78 is 1.01. The minimum Gasteiger partial charge on any atom is -0.310 e. The Hall–Kier alpha value is -0.480. The largest absolute Gasteiger partial charge is 0.310 e. The molecule has 0 spiro atoms. The van der Waals surface area contributed by atoms with Crippen molar-refractivity contribution in [1.29, 1.82) is 0 Å². The van der Waals surface area contributed by atoms with Gasteiger partial charge in [-0.15, -0.1) is 11.8 Å². The van der Waals surface area contributed by atoms with E-state index in [1.54, 1.807) is 11.8 Å². The van der Waals surface area contributed by atoms with E-state index in [1.165, 1.54) is 16.0 Å². The zero-order valence-corrected chi connectivity index (χ0v) is 15.4. The molecule has 2 aromatic carbocycles. The highest BCUT2D eigenvalue weighted by atomic mass is 79.9. The lowest BCUT2D eigenvalue weighted by atomic mass is 9.98. The fourth-order valence-electron chi connectivity index (χ4n) is 2.40. The van der Waals surface area contributed by atoms with Crippen molar-refractivity contribution in [3.8, 4) is 0 Å². The van der Waals surface area contributed by atoms with Gasteiger partial charge in [0.15, 0.2) is 0 Å². The summed E-state index contributed by atoms with van der Waals surface area (Å²) >= 11 is 11.6. The highest BCUT2D eigenvalue weighted by Crippen LogP contribution is 2.30. The second-order valence-corrected chi connectivity index (χ2v) is 6.96. The molecule has 0 aliphatic carbocycles. The van der Waals surface area contributed by atoms with Crippen LogP contribution in [0.2, 0.25) is 5.02 Å². The van der Waals surface area contributed by atoms with Crippen LogP contribution in [0, 0.1) is 0 Å². The molecule has 1 N–H and O–H groups in total. The minimum absolute atomic E-state index is 0.275. The quantitative estimate of drug-likeness (QED) is 0.639. The smallest absolute Gasteiger partial charge is 0.0449 e. The van der Waals surface area contributed by atoms with E-state index in [0.29, 0.717) is 0 Å². The Labute approximate surface area is 144 Å². The number of benzene rings is 2. The van der Waals surface area contributed by atoms with E-state index in [0.717, 1.165) is 22.5 Å². The van der Waals surface area contributed by atoms with Gasteiger partial charge >= 0.3 is 0 Å². The summed E-state index contributed by atoms with van der Waals surface area (Å²) in [6.45, 7) is 3.07. The van der Waals surface area contributed by atoms with E-state index < -0.39 is 0 Å². The number of likely N-dealkylation sites (N-methyl/N-ethyl adjacent to an activating group) is 1. The SMILES string of the molecule is CCNC(Cc1ccc(Br)cc1Cl)c1ccccc1SC. The average molecular weight is 385 g/mol. The number of nitrogens with one attached hydrogen (secondary N) is 1. The molecule has 1 nitrogen and oxygen atoms in total. The molecule has 0 heterocycles. The third-order valence-electron chi connectivity index (χ3n) is 3.40. The maximum atomic E-state index is 6.37. The van der Waals surface area contributed by atoms with Gasteiger partial charge in [-0.05, 0) is 48.5 Å². The van der Waals surface area contributed by atoms with Crippen molar-refractivity contribution in [2.45, 2.75) is 24.3 Å². The number of halogens is 2. The van der Waals surface area contributed by atoms with Gasteiger partial charge in [0.2, 0.25) is 0 Å². The molecule has 0 amide bonds. The molecule has 112 valence electrons. The first-order chi connectivity index (χ1) is 10.2. The highest BCUT2D eigenvalue weighted by Gasteiger charge is 2.16. The third kappa shape index (κ3) is 4.49. The van der Waals surface area contributed by atoms with Crippen LogP contribution in [0.25, 0.3) is 0 Å². The van der Waals surface area contributed by atoms with Crippen molar-refractivity contribution in [3.63, 3.8) is 0 Å². The van der Waals surface area contributed by atoms with Crippen molar-refractivity contribution in [2.75, 3.05) is 12.8 Å². The Bertz CT molecular complexity index is 603. The normalized spacial score (nSPS) is 12.4. The molecule has 2 aromatic rings. The maximum Gasteiger partial charge on any atom is 0.0449 e. The van der Waals surface area contributed by atoms with Crippen molar-refractivity contribution < 1.29 is 0 Å². The van der Waals surface area contributed by atoms with Crippen LogP contribution in [-0.4, -0.2) is 12.8 Å². The summed E-state index contributed by atoms with van der Waals surface area (Å²) in [5.74, 6) is 0. The van der Waals surface area contributed by atoms with Crippen LogP contribution in [0.1, 0.15) is 24.1 Å². The highest BCUT2D eigenvalue weighted by molar-refractivity contribution is 9.10. The van der Waals surface area contributed by atoms with E-state index >= 15 is 0 Å². The third-order valence-corrected chi connectivity index (χ3v) is 5.06. The van der Waals surface area contributed by atoms with E-state index in [-0.39, 0.29) is 6.04 Å². The second kappa shape index (κ2) is 8.23. The fourth-order valence-corrected chi connectivity index (χ4v) is 3.81. The van der Waals surface area contributed by atoms with Gasteiger partial charge in [0, 0.05) is 20.4 Å². The average Bonchev–Trinajstić information content (AvgIpc) is 2.49. The zero-order chi connectivity index (χ0) is 15.2. The van der Waals surface area contributed by atoms with E-state index in [2.05, 4.69) is 64.8 Å². The second-order valence-electron chi connectivity index (χ2n) is 4.79. The number of thioether (sulfide) groups is 1. The molecule has 0 saturated heterocycles. The first-order valence-electron chi connectivity index (χ1n) is 6.96. The number of hydrogen-bond acceptors (Lipinski definition) is 2. The molecular formula is C17H19BrClNS. The Morgan fingerprint density at radius 2 is 2.00 bits per heavy atom. The molecule has 0 fully saturated rings. The standard InChI is InChI=1S/C17H19BrClNS/c1-3-20-16(14-6-4-5-7-17(14)21-2)10-12-8-9-13(18)11-15(12)19/h4-9,11,16,20H,3,10H2,1-2H3. The summed E-state index contributed by atoms with van der Waals surface area (Å²) in [5.41, 5.74) is 2.51. The molecule has 0 radical (unpaired) electrons. The van der Waals surface area contributed by atoms with E-state index in [9.17, 15) is 0 Å². The summed E-state index contributed by atoms with van der Waals surface area (Å²) in [7, 11) is 0. The predicted octanol–water partition coefficient (Wildman–Crippen LogP) is 5.72. The van der Waals surface area contributed by atoms with Gasteiger partial charge in [0.1, 0.15) is 0 Å². The molecule has 1 unspecified atom stereocenters. The van der Waals surface area contributed by atoms with Crippen molar-refractivity contribution in [2.24, 2.45) is 0 Å². The lowest BCUT2D eigenvalue weighted by Gasteiger charge is -2.21. The van der Waals surface area contributed by atoms with E-state index in [1.807, 2.05) is 12.1 Å². The molecule has 0 aromatic heterocycles. The summed E-state index contributed by atoms with van der Waals surface area (Å²) in [5, 5.41) is 4.39.